The molecule has 0 unspecified atom stereocenters. The van der Waals surface area contributed by atoms with E-state index in [9.17, 15) is 0 Å². The molecule has 0 amide bonds. The van der Waals surface area contributed by atoms with E-state index in [1.165, 1.54) is 16.7 Å². The second-order valence-corrected chi connectivity index (χ2v) is 3.23. The second-order valence-electron chi connectivity index (χ2n) is 3.23. The normalized spacial score (nSPS) is 7.42. The molecule has 0 fully saturated rings. The van der Waals surface area contributed by atoms with Gasteiger partial charge in [-0.25, -0.2) is 0 Å². The molecule has 0 saturated carbocycles. The van der Waals surface area contributed by atoms with E-state index in [4.69, 9.17) is 0 Å². The molecular weight excluding hydrogens is 228 g/mol. The summed E-state index contributed by atoms with van der Waals surface area (Å²) < 4.78 is 0. The molecule has 2 rings (SSSR count). The molecule has 0 atom stereocenters. The van der Waals surface area contributed by atoms with Gasteiger partial charge in [0, 0.05) is 0 Å². The first kappa shape index (κ1) is 22.6. The van der Waals surface area contributed by atoms with Crippen LogP contribution in [0.3, 0.4) is 0 Å². The van der Waals surface area contributed by atoms with Crippen molar-refractivity contribution in [2.45, 2.75) is 49.5 Å². The zero-order valence-electron chi connectivity index (χ0n) is 11.7. The van der Waals surface area contributed by atoms with Crippen molar-refractivity contribution in [2.75, 3.05) is 0 Å². The first-order valence-corrected chi connectivity index (χ1v) is 6.48. The van der Waals surface area contributed by atoms with Gasteiger partial charge in [0.1, 0.15) is 0 Å². The highest BCUT2D eigenvalue weighted by molar-refractivity contribution is 5.63. The summed E-state index contributed by atoms with van der Waals surface area (Å²) in [5.41, 5.74) is 3.87. The molecule has 2 aromatic carbocycles. The van der Waals surface area contributed by atoms with E-state index in [0.29, 0.717) is 0 Å². The number of aryl methyl sites for hydroxylation is 1. The first-order valence-electron chi connectivity index (χ1n) is 6.48. The minimum absolute atomic E-state index is 0. The number of hydrogen-bond acceptors (Lipinski definition) is 0. The molecule has 0 N–H and O–H groups in total. The lowest BCUT2D eigenvalue weighted by molar-refractivity contribution is 1.47. The van der Waals surface area contributed by atoms with Crippen LogP contribution in [0, 0.1) is 6.92 Å². The molecule has 0 aliphatic rings. The summed E-state index contributed by atoms with van der Waals surface area (Å²) in [5, 5.41) is 0. The molecule has 0 radical (unpaired) electrons. The van der Waals surface area contributed by atoms with Crippen LogP contribution < -0.4 is 0 Å². The van der Waals surface area contributed by atoms with Gasteiger partial charge in [0.15, 0.2) is 0 Å². The Kier molecular flexibility index (Phi) is 17.3. The van der Waals surface area contributed by atoms with Gasteiger partial charge in [0.05, 0.1) is 0 Å². The third-order valence-electron chi connectivity index (χ3n) is 2.16. The van der Waals surface area contributed by atoms with E-state index < -0.39 is 0 Å². The van der Waals surface area contributed by atoms with Crippen LogP contribution in [0.1, 0.15) is 48.1 Å². The zero-order valence-corrected chi connectivity index (χ0v) is 11.7. The van der Waals surface area contributed by atoms with E-state index in [1.54, 1.807) is 0 Å². The van der Waals surface area contributed by atoms with E-state index >= 15 is 0 Å². The van der Waals surface area contributed by atoms with Gasteiger partial charge in [-0.1, -0.05) is 103 Å². The van der Waals surface area contributed by atoms with E-state index in [-0.39, 0.29) is 14.9 Å². The molecule has 0 spiro atoms. The standard InChI is InChI=1S/C13H12.2C2H6.2CH4/c1-11-7-9-13(10-8-11)12-5-3-2-4-6-12;2*1-2;;/h2-10H,1H3;2*1-2H3;2*1H4. The fourth-order valence-electron chi connectivity index (χ4n) is 1.38. The SMILES string of the molecule is C.C.CC.CC.Cc1ccc(-c2ccccc2)cc1. The smallest absolute Gasteiger partial charge is 0.0184 e. The van der Waals surface area contributed by atoms with Crippen LogP contribution in [0.25, 0.3) is 11.1 Å². The Labute approximate surface area is 121 Å². The lowest BCUT2D eigenvalue weighted by Crippen LogP contribution is -1.76. The Hall–Kier alpha value is -1.56. The summed E-state index contributed by atoms with van der Waals surface area (Å²) in [7, 11) is 0. The molecule has 0 saturated heterocycles. The summed E-state index contributed by atoms with van der Waals surface area (Å²) in [6, 6.07) is 19.0. The minimum atomic E-state index is 0. The molecular formula is C19H32. The van der Waals surface area contributed by atoms with Crippen LogP contribution in [0.15, 0.2) is 54.6 Å². The molecule has 0 bridgehead atoms. The molecule has 0 heteroatoms. The third kappa shape index (κ3) is 8.20. The van der Waals surface area contributed by atoms with Crippen molar-refractivity contribution in [3.63, 3.8) is 0 Å². The molecule has 2 aromatic rings. The number of benzene rings is 2. The van der Waals surface area contributed by atoms with Gasteiger partial charge >= 0.3 is 0 Å². The van der Waals surface area contributed by atoms with Crippen molar-refractivity contribution >= 4 is 0 Å². The van der Waals surface area contributed by atoms with Gasteiger partial charge < -0.3 is 0 Å². The van der Waals surface area contributed by atoms with Gasteiger partial charge in [-0.05, 0) is 18.1 Å². The number of rotatable bonds is 1. The van der Waals surface area contributed by atoms with Crippen LogP contribution in [-0.4, -0.2) is 0 Å². The maximum absolute atomic E-state index is 2.16. The average Bonchev–Trinajstić information content (AvgIpc) is 2.45. The van der Waals surface area contributed by atoms with E-state index in [1.807, 2.05) is 33.8 Å². The van der Waals surface area contributed by atoms with Gasteiger partial charge in [-0.3, -0.25) is 0 Å². The predicted octanol–water partition coefficient (Wildman–Crippen LogP) is 6.99. The van der Waals surface area contributed by atoms with Crippen molar-refractivity contribution in [2.24, 2.45) is 0 Å². The van der Waals surface area contributed by atoms with Gasteiger partial charge in [-0.2, -0.15) is 0 Å². The first-order chi connectivity index (χ1) is 8.36. The van der Waals surface area contributed by atoms with Crippen LogP contribution in [-0.2, 0) is 0 Å². The van der Waals surface area contributed by atoms with Crippen molar-refractivity contribution in [3.8, 4) is 11.1 Å². The molecule has 0 aliphatic carbocycles. The Bertz CT molecular complexity index is 371. The third-order valence-corrected chi connectivity index (χ3v) is 2.16. The summed E-state index contributed by atoms with van der Waals surface area (Å²) in [6.45, 7) is 10.1. The van der Waals surface area contributed by atoms with Crippen molar-refractivity contribution in [3.05, 3.63) is 60.2 Å². The van der Waals surface area contributed by atoms with Crippen LogP contribution in [0.2, 0.25) is 0 Å². The second kappa shape index (κ2) is 14.5. The summed E-state index contributed by atoms with van der Waals surface area (Å²) >= 11 is 0. The highest BCUT2D eigenvalue weighted by atomic mass is 14.0. The lowest BCUT2D eigenvalue weighted by Gasteiger charge is -2.00. The Morgan fingerprint density at radius 1 is 0.526 bits per heavy atom. The van der Waals surface area contributed by atoms with E-state index in [2.05, 4.69) is 55.5 Å². The lowest BCUT2D eigenvalue weighted by atomic mass is 10.0. The van der Waals surface area contributed by atoms with Gasteiger partial charge in [-0.15, -0.1) is 0 Å². The van der Waals surface area contributed by atoms with Crippen molar-refractivity contribution in [1.29, 1.82) is 0 Å². The molecule has 0 aliphatic heterocycles. The van der Waals surface area contributed by atoms with Crippen molar-refractivity contribution in [1.82, 2.24) is 0 Å². The predicted molar refractivity (Wildman–Crippen MR) is 92.8 cm³/mol. The molecule has 19 heavy (non-hydrogen) atoms. The zero-order chi connectivity index (χ0) is 13.1. The summed E-state index contributed by atoms with van der Waals surface area (Å²) in [6.07, 6.45) is 0. The van der Waals surface area contributed by atoms with Gasteiger partial charge in [0.25, 0.3) is 0 Å². The number of hydrogen-bond donors (Lipinski definition) is 0. The highest BCUT2D eigenvalue weighted by Crippen LogP contribution is 2.18. The van der Waals surface area contributed by atoms with Crippen LogP contribution >= 0.6 is 0 Å². The maximum atomic E-state index is 2.16. The highest BCUT2D eigenvalue weighted by Gasteiger charge is 1.93. The Morgan fingerprint density at radius 3 is 1.32 bits per heavy atom. The largest absolute Gasteiger partial charge is 0.0776 e. The van der Waals surface area contributed by atoms with Crippen LogP contribution in [0.4, 0.5) is 0 Å². The maximum Gasteiger partial charge on any atom is -0.0184 e. The van der Waals surface area contributed by atoms with Crippen molar-refractivity contribution < 1.29 is 0 Å². The average molecular weight is 260 g/mol. The molecule has 0 heterocycles. The Morgan fingerprint density at radius 2 is 0.895 bits per heavy atom. The molecule has 108 valence electrons. The Balaban J connectivity index is -0.000000392. The van der Waals surface area contributed by atoms with Crippen LogP contribution in [0.5, 0.6) is 0 Å². The topological polar surface area (TPSA) is 0 Å². The summed E-state index contributed by atoms with van der Waals surface area (Å²) in [5.74, 6) is 0. The minimum Gasteiger partial charge on any atom is -0.0776 e. The fraction of sp³-hybridized carbons (Fsp3) is 0.368. The fourth-order valence-corrected chi connectivity index (χ4v) is 1.38. The van der Waals surface area contributed by atoms with Gasteiger partial charge in [0.2, 0.25) is 0 Å². The quantitative estimate of drug-likeness (QED) is 0.518. The monoisotopic (exact) mass is 260 g/mol. The molecule has 0 nitrogen and oxygen atoms in total. The molecule has 0 aromatic heterocycles. The van der Waals surface area contributed by atoms with E-state index in [0.717, 1.165) is 0 Å². The summed E-state index contributed by atoms with van der Waals surface area (Å²) in [4.78, 5) is 0.